The highest BCUT2D eigenvalue weighted by molar-refractivity contribution is 7.99. The van der Waals surface area contributed by atoms with Crippen LogP contribution in [0.5, 0.6) is 0 Å². The minimum Gasteiger partial charge on any atom is -0.211 e. The quantitative estimate of drug-likeness (QED) is 0.731. The highest BCUT2D eigenvalue weighted by Crippen LogP contribution is 2.16. The van der Waals surface area contributed by atoms with Crippen LogP contribution >= 0.6 is 0 Å². The molecule has 0 aromatic heterocycles. The van der Waals surface area contributed by atoms with E-state index in [0.29, 0.717) is 4.31 Å². The molecule has 0 amide bonds. The zero-order valence-electron chi connectivity index (χ0n) is 8.47. The summed E-state index contributed by atoms with van der Waals surface area (Å²) in [5.74, 6) is -3.86. The SMILES string of the molecule is CCN(CC)S(=O)(=O)N=S(=O)(OF)C(F)F. The first-order valence-corrected chi connectivity index (χ1v) is 6.99. The molecule has 0 saturated heterocycles. The Kier molecular flexibility index (Phi) is 5.65. The summed E-state index contributed by atoms with van der Waals surface area (Å²) in [7, 11) is -9.77. The van der Waals surface area contributed by atoms with Gasteiger partial charge in [-0.05, 0) is 4.53 Å². The molecule has 0 aromatic rings. The molecule has 16 heavy (non-hydrogen) atoms. The van der Waals surface area contributed by atoms with Crippen molar-refractivity contribution in [2.24, 2.45) is 3.77 Å². The largest absolute Gasteiger partial charge is 0.346 e. The van der Waals surface area contributed by atoms with E-state index in [1.54, 1.807) is 0 Å². The van der Waals surface area contributed by atoms with E-state index in [0.717, 1.165) is 0 Å². The maximum atomic E-state index is 12.1. The molecule has 98 valence electrons. The first-order valence-electron chi connectivity index (χ1n) is 4.09. The van der Waals surface area contributed by atoms with Gasteiger partial charge in [-0.15, -0.1) is 0 Å². The Morgan fingerprint density at radius 3 is 1.94 bits per heavy atom. The van der Waals surface area contributed by atoms with E-state index in [9.17, 15) is 25.9 Å². The molecule has 0 radical (unpaired) electrons. The van der Waals surface area contributed by atoms with Gasteiger partial charge >= 0.3 is 16.0 Å². The molecule has 0 heterocycles. The van der Waals surface area contributed by atoms with Crippen molar-refractivity contribution in [1.82, 2.24) is 4.31 Å². The molecule has 0 aliphatic heterocycles. The van der Waals surface area contributed by atoms with Crippen molar-refractivity contribution >= 4 is 20.2 Å². The molecule has 0 fully saturated rings. The van der Waals surface area contributed by atoms with Crippen molar-refractivity contribution in [3.63, 3.8) is 0 Å². The van der Waals surface area contributed by atoms with Gasteiger partial charge in [-0.1, -0.05) is 22.0 Å². The maximum absolute atomic E-state index is 12.1. The Morgan fingerprint density at radius 2 is 1.69 bits per heavy atom. The van der Waals surface area contributed by atoms with E-state index in [2.05, 4.69) is 8.16 Å². The molecular weight excluding hydrogens is 273 g/mol. The summed E-state index contributed by atoms with van der Waals surface area (Å²) in [6.07, 6.45) is 0. The Balaban J connectivity index is 5.53. The average Bonchev–Trinajstić information content (AvgIpc) is 2.17. The molecule has 0 spiro atoms. The van der Waals surface area contributed by atoms with E-state index in [4.69, 9.17) is 0 Å². The first-order chi connectivity index (χ1) is 7.23. The third-order valence-electron chi connectivity index (χ3n) is 1.55. The summed E-state index contributed by atoms with van der Waals surface area (Å²) in [6.45, 7) is 2.68. The van der Waals surface area contributed by atoms with E-state index in [1.807, 2.05) is 0 Å². The summed E-state index contributed by atoms with van der Waals surface area (Å²) < 4.78 is 74.6. The van der Waals surface area contributed by atoms with Gasteiger partial charge in [0.1, 0.15) is 0 Å². The lowest BCUT2D eigenvalue weighted by atomic mass is 10.7. The fraction of sp³-hybridized carbons (Fsp3) is 1.00. The number of halogens is 3. The van der Waals surface area contributed by atoms with Crippen LogP contribution in [0.1, 0.15) is 13.8 Å². The summed E-state index contributed by atoms with van der Waals surface area (Å²) in [4.78, 5) is 0. The van der Waals surface area contributed by atoms with Crippen LogP contribution < -0.4 is 0 Å². The fourth-order valence-electron chi connectivity index (χ4n) is 0.800. The van der Waals surface area contributed by atoms with Crippen LogP contribution in [0.25, 0.3) is 0 Å². The first kappa shape index (κ1) is 15.6. The third kappa shape index (κ3) is 3.57. The Labute approximate surface area is 91.9 Å². The van der Waals surface area contributed by atoms with Crippen molar-refractivity contribution in [3.05, 3.63) is 0 Å². The lowest BCUT2D eigenvalue weighted by Gasteiger charge is -2.14. The fourth-order valence-corrected chi connectivity index (χ4v) is 3.29. The molecule has 0 aliphatic rings. The van der Waals surface area contributed by atoms with E-state index >= 15 is 0 Å². The molecule has 0 bridgehead atoms. The van der Waals surface area contributed by atoms with Crippen LogP contribution in [-0.2, 0) is 24.6 Å². The molecule has 0 aromatic carbocycles. The van der Waals surface area contributed by atoms with Gasteiger partial charge in [0.2, 0.25) is 0 Å². The predicted molar refractivity (Wildman–Crippen MR) is 50.6 cm³/mol. The molecule has 0 N–H and O–H groups in total. The smallest absolute Gasteiger partial charge is 0.211 e. The van der Waals surface area contributed by atoms with Crippen LogP contribution in [0.3, 0.4) is 0 Å². The number of hydrogen-bond acceptors (Lipinski definition) is 4. The maximum Gasteiger partial charge on any atom is 0.346 e. The zero-order valence-corrected chi connectivity index (χ0v) is 10.1. The van der Waals surface area contributed by atoms with Gasteiger partial charge in [-0.3, -0.25) is 0 Å². The molecule has 0 saturated carbocycles. The van der Waals surface area contributed by atoms with Gasteiger partial charge in [0.15, 0.2) is 0 Å². The second-order valence-corrected chi connectivity index (χ2v) is 6.00. The molecule has 0 aliphatic carbocycles. The van der Waals surface area contributed by atoms with Crippen molar-refractivity contribution in [2.45, 2.75) is 19.6 Å². The summed E-state index contributed by atoms with van der Waals surface area (Å²) in [5.41, 5.74) is 0. The number of hydrogen-bond donors (Lipinski definition) is 0. The van der Waals surface area contributed by atoms with Crippen molar-refractivity contribution in [2.75, 3.05) is 13.1 Å². The van der Waals surface area contributed by atoms with E-state index < -0.39 is 26.0 Å². The Morgan fingerprint density at radius 1 is 1.25 bits per heavy atom. The topological polar surface area (TPSA) is 76.0 Å². The van der Waals surface area contributed by atoms with Crippen molar-refractivity contribution in [3.8, 4) is 0 Å². The molecular formula is C5H11F3N2O4S2. The van der Waals surface area contributed by atoms with Crippen LogP contribution in [0.4, 0.5) is 13.3 Å². The normalized spacial score (nSPS) is 16.4. The van der Waals surface area contributed by atoms with Gasteiger partial charge in [-0.2, -0.15) is 21.5 Å². The molecule has 6 nitrogen and oxygen atoms in total. The van der Waals surface area contributed by atoms with Crippen LogP contribution in [0, 0.1) is 0 Å². The zero-order chi connectivity index (χ0) is 13.0. The lowest BCUT2D eigenvalue weighted by molar-refractivity contribution is -0.000815. The average molecular weight is 284 g/mol. The van der Waals surface area contributed by atoms with Crippen molar-refractivity contribution < 1.29 is 30.3 Å². The van der Waals surface area contributed by atoms with Gasteiger partial charge in [0.25, 0.3) is 10.0 Å². The third-order valence-corrected chi connectivity index (χ3v) is 4.93. The number of rotatable bonds is 6. The second-order valence-electron chi connectivity index (χ2n) is 2.48. The molecule has 1 unspecified atom stereocenters. The second kappa shape index (κ2) is 5.80. The Bertz CT molecular complexity index is 425. The van der Waals surface area contributed by atoms with Gasteiger partial charge in [-0.25, -0.2) is 4.21 Å². The standard InChI is InChI=1S/C5H11F3N2O4S2/c1-3-10(4-2)16(12,13)9-15(11,14-8)5(6)7/h5H,3-4H2,1-2H3. The van der Waals surface area contributed by atoms with Crippen molar-refractivity contribution in [1.29, 1.82) is 0 Å². The number of nitrogens with zero attached hydrogens (tertiary/aromatic N) is 2. The van der Waals surface area contributed by atoms with Gasteiger partial charge < -0.3 is 0 Å². The summed E-state index contributed by atoms with van der Waals surface area (Å²) >= 11 is 0. The minimum absolute atomic E-state index is 0.0760. The highest BCUT2D eigenvalue weighted by Gasteiger charge is 2.30. The molecule has 0 rings (SSSR count). The summed E-state index contributed by atoms with van der Waals surface area (Å²) in [5, 5.41) is 0. The van der Waals surface area contributed by atoms with Gasteiger partial charge in [0.05, 0.1) is 0 Å². The van der Waals surface area contributed by atoms with Crippen LogP contribution in [0.2, 0.25) is 0 Å². The van der Waals surface area contributed by atoms with Crippen LogP contribution in [-0.4, -0.2) is 35.8 Å². The summed E-state index contributed by atoms with van der Waals surface area (Å²) in [6, 6.07) is 0. The lowest BCUT2D eigenvalue weighted by Crippen LogP contribution is -2.30. The van der Waals surface area contributed by atoms with Crippen LogP contribution in [0.15, 0.2) is 3.77 Å². The van der Waals surface area contributed by atoms with E-state index in [-0.39, 0.29) is 13.1 Å². The van der Waals surface area contributed by atoms with Gasteiger partial charge in [0, 0.05) is 13.1 Å². The minimum atomic E-state index is -5.17. The number of alkyl halides is 2. The Hall–Kier alpha value is -0.390. The molecule has 11 heteroatoms. The highest BCUT2D eigenvalue weighted by atomic mass is 32.3. The van der Waals surface area contributed by atoms with E-state index in [1.165, 1.54) is 13.8 Å². The predicted octanol–water partition coefficient (Wildman–Crippen LogP) is 1.08. The molecule has 1 atom stereocenters. The monoisotopic (exact) mass is 284 g/mol.